The van der Waals surface area contributed by atoms with Crippen LogP contribution < -0.4 is 18.6 Å². The first kappa shape index (κ1) is 20.7. The Balaban J connectivity index is 1.68. The maximum atomic E-state index is 6.87. The second-order valence-corrected chi connectivity index (χ2v) is 11.9. The van der Waals surface area contributed by atoms with E-state index in [1.165, 1.54) is 11.1 Å². The van der Waals surface area contributed by atoms with Crippen LogP contribution in [0.25, 0.3) is 33.9 Å². The number of rotatable bonds is 0. The van der Waals surface area contributed by atoms with Gasteiger partial charge in [0.15, 0.2) is 11.5 Å². The number of para-hydroxylation sites is 2. The topological polar surface area (TPSA) is 26.2 Å². The second-order valence-electron chi connectivity index (χ2n) is 11.9. The van der Waals surface area contributed by atoms with Gasteiger partial charge in [-0.15, -0.1) is 0 Å². The fraction of sp³-hybridized carbons (Fsp3) is 0.290. The van der Waals surface area contributed by atoms with Crippen LogP contribution in [-0.4, -0.2) is 0 Å². The number of nitrogens with zero attached hydrogens (tertiary/aromatic N) is 2. The minimum Gasteiger partial charge on any atom is -0.340 e. The molecule has 5 heterocycles. The summed E-state index contributed by atoms with van der Waals surface area (Å²) >= 11 is 0. The van der Waals surface area contributed by atoms with E-state index in [0.717, 1.165) is 45.4 Å². The van der Waals surface area contributed by atoms with Gasteiger partial charge in [0.05, 0.1) is 11.1 Å². The molecule has 0 amide bonds. The van der Waals surface area contributed by atoms with Crippen LogP contribution in [0.4, 0.5) is 0 Å². The van der Waals surface area contributed by atoms with Crippen molar-refractivity contribution in [3.8, 4) is 45.4 Å². The van der Waals surface area contributed by atoms with Crippen LogP contribution in [0.5, 0.6) is 11.5 Å². The van der Waals surface area contributed by atoms with Crippen molar-refractivity contribution >= 4 is 0 Å². The normalized spacial score (nSPS) is 15.8. The molecule has 0 aliphatic carbocycles. The lowest BCUT2D eigenvalue weighted by atomic mass is 9.84. The van der Waals surface area contributed by atoms with Crippen LogP contribution in [0.1, 0.15) is 52.7 Å². The fourth-order valence-corrected chi connectivity index (χ4v) is 5.56. The quantitative estimate of drug-likeness (QED) is 0.296. The third kappa shape index (κ3) is 2.63. The van der Waals surface area contributed by atoms with Gasteiger partial charge in [-0.2, -0.15) is 0 Å². The first-order chi connectivity index (χ1) is 16.6. The summed E-state index contributed by atoms with van der Waals surface area (Å²) in [6.45, 7) is 13.6. The second kappa shape index (κ2) is 6.31. The molecule has 4 nitrogen and oxygen atoms in total. The highest BCUT2D eigenvalue weighted by Crippen LogP contribution is 2.47. The summed E-state index contributed by atoms with van der Waals surface area (Å²) in [7, 11) is 0. The Labute approximate surface area is 206 Å². The van der Waals surface area contributed by atoms with Crippen molar-refractivity contribution in [3.05, 3.63) is 83.9 Å². The summed E-state index contributed by atoms with van der Waals surface area (Å²) < 4.78 is 18.2. The smallest absolute Gasteiger partial charge is 0.340 e. The van der Waals surface area contributed by atoms with Gasteiger partial charge in [-0.25, -0.2) is 0 Å². The lowest BCUT2D eigenvalue weighted by molar-refractivity contribution is -1.03. The zero-order valence-electron chi connectivity index (χ0n) is 21.1. The number of fused-ring (bicyclic) bond motifs is 5. The Morgan fingerprint density at radius 2 is 0.914 bits per heavy atom. The van der Waals surface area contributed by atoms with Gasteiger partial charge in [-0.1, -0.05) is 65.8 Å². The van der Waals surface area contributed by atoms with Crippen molar-refractivity contribution in [2.24, 2.45) is 0 Å². The highest BCUT2D eigenvalue weighted by Gasteiger charge is 2.73. The van der Waals surface area contributed by atoms with Crippen molar-refractivity contribution < 1.29 is 18.6 Å². The summed E-state index contributed by atoms with van der Waals surface area (Å²) in [6, 6.07) is 24.7. The van der Waals surface area contributed by atoms with Crippen LogP contribution >= 0.6 is 0 Å². The van der Waals surface area contributed by atoms with Gasteiger partial charge >= 0.3 is 6.03 Å². The van der Waals surface area contributed by atoms with Crippen LogP contribution in [-0.2, 0) is 16.9 Å². The third-order valence-corrected chi connectivity index (χ3v) is 7.50. The van der Waals surface area contributed by atoms with Gasteiger partial charge in [0, 0.05) is 24.3 Å². The van der Waals surface area contributed by atoms with E-state index in [4.69, 9.17) is 9.47 Å². The molecule has 2 aromatic heterocycles. The molecule has 174 valence electrons. The molecule has 3 aliphatic rings. The molecule has 0 unspecified atom stereocenters. The van der Waals surface area contributed by atoms with E-state index in [1.807, 2.05) is 24.3 Å². The Morgan fingerprint density at radius 3 is 1.31 bits per heavy atom. The average molecular weight is 463 g/mol. The van der Waals surface area contributed by atoms with E-state index in [9.17, 15) is 0 Å². The SMILES string of the molecule is CC(C)(C)c1cc2[n+]3c(c1)-c1cc(C(C)(C)C)cc4[n+]1C3(Oc1ccccc1-2)Oc1ccccc1-4. The molecule has 0 saturated carbocycles. The first-order valence-electron chi connectivity index (χ1n) is 12.4. The minimum absolute atomic E-state index is 0.0100. The maximum absolute atomic E-state index is 6.87. The number of pyridine rings is 2. The predicted molar refractivity (Wildman–Crippen MR) is 135 cm³/mol. The third-order valence-electron chi connectivity index (χ3n) is 7.50. The zero-order chi connectivity index (χ0) is 24.3. The molecule has 0 N–H and O–H groups in total. The van der Waals surface area contributed by atoms with E-state index in [1.54, 1.807) is 0 Å². The largest absolute Gasteiger partial charge is 0.716 e. The van der Waals surface area contributed by atoms with Crippen molar-refractivity contribution in [1.29, 1.82) is 0 Å². The van der Waals surface area contributed by atoms with E-state index in [-0.39, 0.29) is 10.8 Å². The van der Waals surface area contributed by atoms with Crippen LogP contribution in [0.2, 0.25) is 0 Å². The molecule has 35 heavy (non-hydrogen) atoms. The molecule has 2 aromatic carbocycles. The van der Waals surface area contributed by atoms with Crippen molar-refractivity contribution in [2.45, 2.75) is 58.4 Å². The Hall–Kier alpha value is -3.66. The molecule has 0 atom stereocenters. The average Bonchev–Trinajstić information content (AvgIpc) is 3.09. The van der Waals surface area contributed by atoms with Crippen molar-refractivity contribution in [2.75, 3.05) is 0 Å². The van der Waals surface area contributed by atoms with E-state index < -0.39 is 6.03 Å². The lowest BCUT2D eigenvalue weighted by Gasteiger charge is -2.30. The molecule has 4 aromatic rings. The standard InChI is InChI=1S/C31H30N2O2/c1-29(2,3)19-15-23-21-11-7-9-13-27(21)34-31-32(23)25(17-19)26-18-20(30(4,5)6)16-24(33(26)31)22-12-8-10-14-28(22)35-31/h7-18H,1-6H3/q+2. The van der Waals surface area contributed by atoms with E-state index >= 15 is 0 Å². The summed E-state index contributed by atoms with van der Waals surface area (Å²) in [5, 5.41) is 0. The lowest BCUT2D eigenvalue weighted by Crippen LogP contribution is -2.79. The van der Waals surface area contributed by atoms with Crippen molar-refractivity contribution in [1.82, 2.24) is 0 Å². The first-order valence-corrected chi connectivity index (χ1v) is 12.4. The Kier molecular flexibility index (Phi) is 3.73. The molecule has 7 rings (SSSR count). The van der Waals surface area contributed by atoms with Crippen LogP contribution in [0.15, 0.2) is 72.8 Å². The maximum Gasteiger partial charge on any atom is 0.716 e. The summed E-state index contributed by atoms with van der Waals surface area (Å²) in [5.74, 6) is 1.66. The monoisotopic (exact) mass is 462 g/mol. The fourth-order valence-electron chi connectivity index (χ4n) is 5.56. The van der Waals surface area contributed by atoms with Gasteiger partial charge in [0.25, 0.3) is 11.4 Å². The summed E-state index contributed by atoms with van der Waals surface area (Å²) in [6.07, 6.45) is 0. The molecular formula is C31H30N2O2+2. The highest BCUT2D eigenvalue weighted by atomic mass is 16.7. The number of ether oxygens (including phenoxy) is 2. The van der Waals surface area contributed by atoms with Gasteiger partial charge < -0.3 is 9.47 Å². The molecule has 0 bridgehead atoms. The number of hydrogen-bond acceptors (Lipinski definition) is 2. The van der Waals surface area contributed by atoms with Gasteiger partial charge in [-0.3, -0.25) is 0 Å². The highest BCUT2D eigenvalue weighted by molar-refractivity contribution is 5.72. The molecule has 0 saturated heterocycles. The minimum atomic E-state index is -1.15. The molecule has 0 fully saturated rings. The van der Waals surface area contributed by atoms with Crippen LogP contribution in [0.3, 0.4) is 0 Å². The molecule has 1 spiro atoms. The Morgan fingerprint density at radius 1 is 0.543 bits per heavy atom. The number of hydrogen-bond donors (Lipinski definition) is 0. The molecule has 4 heteroatoms. The van der Waals surface area contributed by atoms with E-state index in [0.29, 0.717) is 0 Å². The summed E-state index contributed by atoms with van der Waals surface area (Å²) in [5.41, 5.74) is 9.17. The van der Waals surface area contributed by atoms with Gasteiger partial charge in [0.2, 0.25) is 11.4 Å². The van der Waals surface area contributed by atoms with Gasteiger partial charge in [0.1, 0.15) is 0 Å². The number of benzene rings is 2. The Bertz CT molecular complexity index is 1450. The predicted octanol–water partition coefficient (Wildman–Crippen LogP) is 6.07. The summed E-state index contributed by atoms with van der Waals surface area (Å²) in [4.78, 5) is 0. The number of aromatic nitrogens is 2. The van der Waals surface area contributed by atoms with E-state index in [2.05, 4.69) is 99.2 Å². The molecular weight excluding hydrogens is 432 g/mol. The van der Waals surface area contributed by atoms with Crippen molar-refractivity contribution in [3.63, 3.8) is 0 Å². The molecule has 0 radical (unpaired) electrons. The molecule has 3 aliphatic heterocycles. The zero-order valence-corrected chi connectivity index (χ0v) is 21.1. The van der Waals surface area contributed by atoms with Crippen LogP contribution in [0, 0.1) is 0 Å². The van der Waals surface area contributed by atoms with Gasteiger partial charge in [-0.05, 0) is 55.4 Å².